The van der Waals surface area contributed by atoms with Crippen molar-refractivity contribution in [1.82, 2.24) is 4.98 Å². The van der Waals surface area contributed by atoms with Gasteiger partial charge in [-0.3, -0.25) is 14.4 Å². The Bertz CT molecular complexity index is 1050. The van der Waals surface area contributed by atoms with E-state index in [0.29, 0.717) is 23.2 Å². The third-order valence-electron chi connectivity index (χ3n) is 4.25. The molecule has 0 aliphatic rings. The predicted molar refractivity (Wildman–Crippen MR) is 103 cm³/mol. The Morgan fingerprint density at radius 3 is 2.65 bits per heavy atom. The van der Waals surface area contributed by atoms with E-state index in [1.165, 1.54) is 6.92 Å². The molecule has 132 valence electrons. The molecule has 26 heavy (non-hydrogen) atoms. The van der Waals surface area contributed by atoms with Crippen molar-refractivity contribution in [1.29, 1.82) is 0 Å². The Labute approximate surface area is 151 Å². The molecule has 3 rings (SSSR count). The summed E-state index contributed by atoms with van der Waals surface area (Å²) in [5.41, 5.74) is 3.42. The number of aromatic amines is 1. The van der Waals surface area contributed by atoms with E-state index < -0.39 is 0 Å². The van der Waals surface area contributed by atoms with Crippen LogP contribution < -0.4 is 10.9 Å². The van der Waals surface area contributed by atoms with Gasteiger partial charge < -0.3 is 10.3 Å². The number of carbonyl (C=O) groups excluding carboxylic acids is 2. The smallest absolute Gasteiger partial charge is 0.251 e. The zero-order chi connectivity index (χ0) is 18.7. The van der Waals surface area contributed by atoms with Crippen LogP contribution >= 0.6 is 0 Å². The third-order valence-corrected chi connectivity index (χ3v) is 4.25. The molecular weight excluding hydrogens is 328 g/mol. The van der Waals surface area contributed by atoms with E-state index in [4.69, 9.17) is 0 Å². The van der Waals surface area contributed by atoms with Gasteiger partial charge in [0.15, 0.2) is 5.78 Å². The Balaban J connectivity index is 1.70. The molecule has 0 atom stereocenters. The first-order valence-corrected chi connectivity index (χ1v) is 8.46. The molecule has 1 heterocycles. The number of anilines is 1. The molecule has 5 heteroatoms. The molecule has 5 nitrogen and oxygen atoms in total. The van der Waals surface area contributed by atoms with E-state index in [2.05, 4.69) is 10.3 Å². The molecule has 0 aliphatic carbocycles. The first-order chi connectivity index (χ1) is 12.4. The van der Waals surface area contributed by atoms with Crippen molar-refractivity contribution in [3.63, 3.8) is 0 Å². The standard InChI is InChI=1S/C21H20N2O3/c1-13-6-8-19-17(10-13)11-16(21(26)23-19)7-9-20(25)22-18-5-3-4-15(12-18)14(2)24/h3-6,8,10-12H,7,9H2,1-2H3,(H,22,25)(H,23,26). The van der Waals surface area contributed by atoms with Crippen LogP contribution in [-0.2, 0) is 11.2 Å². The average Bonchev–Trinajstić information content (AvgIpc) is 2.60. The van der Waals surface area contributed by atoms with E-state index >= 15 is 0 Å². The first kappa shape index (κ1) is 17.6. The van der Waals surface area contributed by atoms with Crippen LogP contribution in [0, 0.1) is 6.92 Å². The van der Waals surface area contributed by atoms with Gasteiger partial charge in [0.25, 0.3) is 5.56 Å². The number of ketones is 1. The lowest BCUT2D eigenvalue weighted by Gasteiger charge is -2.07. The maximum Gasteiger partial charge on any atom is 0.251 e. The summed E-state index contributed by atoms with van der Waals surface area (Å²) in [4.78, 5) is 38.6. The minimum Gasteiger partial charge on any atom is -0.326 e. The van der Waals surface area contributed by atoms with Gasteiger partial charge in [-0.2, -0.15) is 0 Å². The number of pyridine rings is 1. The van der Waals surface area contributed by atoms with Gasteiger partial charge in [0, 0.05) is 28.8 Å². The van der Waals surface area contributed by atoms with Crippen LogP contribution in [0.25, 0.3) is 10.9 Å². The highest BCUT2D eigenvalue weighted by atomic mass is 16.1. The van der Waals surface area contributed by atoms with Crippen molar-refractivity contribution in [2.24, 2.45) is 0 Å². The van der Waals surface area contributed by atoms with Gasteiger partial charge in [-0.25, -0.2) is 0 Å². The second-order valence-electron chi connectivity index (χ2n) is 6.40. The minimum atomic E-state index is -0.200. The van der Waals surface area contributed by atoms with Gasteiger partial charge in [-0.15, -0.1) is 0 Å². The van der Waals surface area contributed by atoms with Crippen LogP contribution in [0.15, 0.2) is 53.3 Å². The van der Waals surface area contributed by atoms with Crippen molar-refractivity contribution in [3.8, 4) is 0 Å². The molecule has 0 saturated carbocycles. The maximum absolute atomic E-state index is 12.2. The van der Waals surface area contributed by atoms with E-state index in [9.17, 15) is 14.4 Å². The molecule has 0 fully saturated rings. The number of nitrogens with one attached hydrogen (secondary N) is 2. The number of hydrogen-bond acceptors (Lipinski definition) is 3. The Hall–Kier alpha value is -3.21. The van der Waals surface area contributed by atoms with Crippen molar-refractivity contribution in [2.45, 2.75) is 26.7 Å². The number of carbonyl (C=O) groups is 2. The first-order valence-electron chi connectivity index (χ1n) is 8.46. The number of fused-ring (bicyclic) bond motifs is 1. The van der Waals surface area contributed by atoms with Gasteiger partial charge in [-0.1, -0.05) is 23.8 Å². The van der Waals surface area contributed by atoms with Crippen molar-refractivity contribution < 1.29 is 9.59 Å². The summed E-state index contributed by atoms with van der Waals surface area (Å²) in [6, 6.07) is 14.5. The fraction of sp³-hybridized carbons (Fsp3) is 0.190. The molecule has 0 aliphatic heterocycles. The topological polar surface area (TPSA) is 79.0 Å². The lowest BCUT2D eigenvalue weighted by molar-refractivity contribution is -0.116. The van der Waals surface area contributed by atoms with E-state index in [-0.39, 0.29) is 23.7 Å². The lowest BCUT2D eigenvalue weighted by atomic mass is 10.1. The largest absolute Gasteiger partial charge is 0.326 e. The van der Waals surface area contributed by atoms with Crippen LogP contribution in [0.3, 0.4) is 0 Å². The number of benzene rings is 2. The highest BCUT2D eigenvalue weighted by Gasteiger charge is 2.08. The molecular formula is C21H20N2O3. The summed E-state index contributed by atoms with van der Waals surface area (Å²) in [6.07, 6.45) is 0.530. The van der Waals surface area contributed by atoms with Gasteiger partial charge in [-0.05, 0) is 56.0 Å². The summed E-state index contributed by atoms with van der Waals surface area (Å²) in [7, 11) is 0. The van der Waals surface area contributed by atoms with Crippen LogP contribution in [0.2, 0.25) is 0 Å². The zero-order valence-corrected chi connectivity index (χ0v) is 14.8. The van der Waals surface area contributed by atoms with E-state index in [1.807, 2.05) is 31.2 Å². The molecule has 0 bridgehead atoms. The fourth-order valence-electron chi connectivity index (χ4n) is 2.84. The summed E-state index contributed by atoms with van der Waals surface area (Å²) < 4.78 is 0. The molecule has 3 aromatic rings. The second-order valence-corrected chi connectivity index (χ2v) is 6.40. The summed E-state index contributed by atoms with van der Waals surface area (Å²) in [5.74, 6) is -0.256. The maximum atomic E-state index is 12.2. The number of amides is 1. The van der Waals surface area contributed by atoms with Gasteiger partial charge in [0.1, 0.15) is 0 Å². The highest BCUT2D eigenvalue weighted by molar-refractivity contribution is 5.97. The molecule has 0 saturated heterocycles. The molecule has 0 spiro atoms. The summed E-state index contributed by atoms with van der Waals surface area (Å²) in [6.45, 7) is 3.47. The lowest BCUT2D eigenvalue weighted by Crippen LogP contribution is -2.17. The Morgan fingerprint density at radius 1 is 1.08 bits per heavy atom. The van der Waals surface area contributed by atoms with E-state index in [0.717, 1.165) is 16.5 Å². The number of H-pyrrole nitrogens is 1. The highest BCUT2D eigenvalue weighted by Crippen LogP contribution is 2.15. The van der Waals surface area contributed by atoms with Crippen LogP contribution in [-0.4, -0.2) is 16.7 Å². The van der Waals surface area contributed by atoms with Crippen molar-refractivity contribution in [3.05, 3.63) is 75.6 Å². The predicted octanol–water partition coefficient (Wildman–Crippen LogP) is 3.61. The quantitative estimate of drug-likeness (QED) is 0.691. The second kappa shape index (κ2) is 7.35. The molecule has 0 unspecified atom stereocenters. The number of Topliss-reactive ketones (excluding diaryl/α,β-unsaturated/α-hetero) is 1. The summed E-state index contributed by atoms with van der Waals surface area (Å²) >= 11 is 0. The fourth-order valence-corrected chi connectivity index (χ4v) is 2.84. The molecule has 2 aromatic carbocycles. The van der Waals surface area contributed by atoms with E-state index in [1.54, 1.807) is 24.3 Å². The summed E-state index contributed by atoms with van der Waals surface area (Å²) in [5, 5.41) is 3.72. The molecule has 2 N–H and O–H groups in total. The number of aryl methyl sites for hydroxylation is 2. The third kappa shape index (κ3) is 4.06. The van der Waals surface area contributed by atoms with Crippen LogP contribution in [0.1, 0.15) is 34.8 Å². The Morgan fingerprint density at radius 2 is 1.88 bits per heavy atom. The monoisotopic (exact) mass is 348 g/mol. The van der Waals surface area contributed by atoms with Crippen LogP contribution in [0.5, 0.6) is 0 Å². The normalized spacial score (nSPS) is 10.7. The van der Waals surface area contributed by atoms with Crippen molar-refractivity contribution >= 4 is 28.3 Å². The van der Waals surface area contributed by atoms with Gasteiger partial charge >= 0.3 is 0 Å². The molecule has 1 aromatic heterocycles. The van der Waals surface area contributed by atoms with Crippen molar-refractivity contribution in [2.75, 3.05) is 5.32 Å². The average molecular weight is 348 g/mol. The van der Waals surface area contributed by atoms with Gasteiger partial charge in [0.05, 0.1) is 0 Å². The van der Waals surface area contributed by atoms with Crippen LogP contribution in [0.4, 0.5) is 5.69 Å². The minimum absolute atomic E-state index is 0.0564. The zero-order valence-electron chi connectivity index (χ0n) is 14.8. The molecule has 0 radical (unpaired) electrons. The number of rotatable bonds is 5. The SMILES string of the molecule is CC(=O)c1cccc(NC(=O)CCc2cc3cc(C)ccc3[nH]c2=O)c1. The Kier molecular flexibility index (Phi) is 4.98. The van der Waals surface area contributed by atoms with Gasteiger partial charge in [0.2, 0.25) is 5.91 Å². The number of aromatic nitrogens is 1. The number of hydrogen-bond donors (Lipinski definition) is 2. The molecule has 1 amide bonds.